The number of thiazole rings is 1. The van der Waals surface area contributed by atoms with Crippen molar-refractivity contribution in [3.63, 3.8) is 0 Å². The number of rotatable bonds is 2. The summed E-state index contributed by atoms with van der Waals surface area (Å²) in [5.41, 5.74) is 0.550. The normalized spacial score (nSPS) is 19.3. The second kappa shape index (κ2) is 4.46. The fourth-order valence-corrected chi connectivity index (χ4v) is 3.30. The van der Waals surface area contributed by atoms with E-state index in [9.17, 15) is 14.9 Å². The Balaban J connectivity index is 2.02. The van der Waals surface area contributed by atoms with E-state index in [0.717, 1.165) is 4.70 Å². The van der Waals surface area contributed by atoms with Crippen molar-refractivity contribution < 1.29 is 9.72 Å². The van der Waals surface area contributed by atoms with Gasteiger partial charge in [0.25, 0.3) is 5.69 Å². The monoisotopic (exact) mass is 295 g/mol. The molecule has 8 heteroatoms. The van der Waals surface area contributed by atoms with Gasteiger partial charge in [-0.25, -0.2) is 4.98 Å². The standard InChI is InChI=1S/C11H9N3O3S2/c15-10-4-7(18)5-13(10)11-12-8-3-6(14(16)17)1-2-9(8)19-11/h1-3,7,18H,4-5H2. The Morgan fingerprint density at radius 1 is 1.53 bits per heavy atom. The van der Waals surface area contributed by atoms with Gasteiger partial charge in [0.2, 0.25) is 5.91 Å². The largest absolute Gasteiger partial charge is 0.287 e. The fraction of sp³-hybridized carbons (Fsp3) is 0.273. The molecule has 0 radical (unpaired) electrons. The molecule has 98 valence electrons. The Bertz CT molecular complexity index is 685. The van der Waals surface area contributed by atoms with Gasteiger partial charge in [-0.15, -0.1) is 0 Å². The van der Waals surface area contributed by atoms with E-state index in [4.69, 9.17) is 0 Å². The molecule has 0 spiro atoms. The lowest BCUT2D eigenvalue weighted by Gasteiger charge is -2.10. The van der Waals surface area contributed by atoms with Crippen molar-refractivity contribution in [1.82, 2.24) is 4.98 Å². The van der Waals surface area contributed by atoms with E-state index in [1.807, 2.05) is 0 Å². The van der Waals surface area contributed by atoms with Crippen LogP contribution in [0.25, 0.3) is 10.2 Å². The van der Waals surface area contributed by atoms with Crippen molar-refractivity contribution in [3.05, 3.63) is 28.3 Å². The third-order valence-corrected chi connectivity index (χ3v) is 4.31. The fourth-order valence-electron chi connectivity index (χ4n) is 2.01. The Morgan fingerprint density at radius 2 is 2.32 bits per heavy atom. The van der Waals surface area contributed by atoms with Gasteiger partial charge in [0.15, 0.2) is 5.13 Å². The number of thiol groups is 1. The number of carbonyl (C=O) groups excluding carboxylic acids is 1. The highest BCUT2D eigenvalue weighted by atomic mass is 32.1. The zero-order chi connectivity index (χ0) is 13.6. The van der Waals surface area contributed by atoms with Crippen molar-refractivity contribution in [2.24, 2.45) is 0 Å². The van der Waals surface area contributed by atoms with E-state index in [1.165, 1.54) is 23.5 Å². The lowest BCUT2D eigenvalue weighted by Crippen LogP contribution is -2.24. The number of hydrogen-bond donors (Lipinski definition) is 1. The molecule has 1 saturated heterocycles. The molecular formula is C11H9N3O3S2. The summed E-state index contributed by atoms with van der Waals surface area (Å²) in [6, 6.07) is 4.53. The number of nitro benzene ring substituents is 1. The zero-order valence-corrected chi connectivity index (χ0v) is 11.4. The molecule has 1 amide bonds. The molecule has 19 heavy (non-hydrogen) atoms. The predicted octanol–water partition coefficient (Wildman–Crippen LogP) is 2.24. The van der Waals surface area contributed by atoms with E-state index in [-0.39, 0.29) is 16.8 Å². The third-order valence-electron chi connectivity index (χ3n) is 2.91. The third kappa shape index (κ3) is 2.17. The van der Waals surface area contributed by atoms with Crippen LogP contribution in [0.5, 0.6) is 0 Å². The molecule has 1 fully saturated rings. The van der Waals surface area contributed by atoms with Crippen molar-refractivity contribution in [1.29, 1.82) is 0 Å². The van der Waals surface area contributed by atoms with Crippen LogP contribution < -0.4 is 4.90 Å². The van der Waals surface area contributed by atoms with Crippen LogP contribution in [0.1, 0.15) is 6.42 Å². The first-order chi connectivity index (χ1) is 9.04. The molecule has 2 heterocycles. The molecular weight excluding hydrogens is 286 g/mol. The van der Waals surface area contributed by atoms with Crippen LogP contribution in [0.3, 0.4) is 0 Å². The highest BCUT2D eigenvalue weighted by molar-refractivity contribution is 7.81. The average molecular weight is 295 g/mol. The van der Waals surface area contributed by atoms with Crippen LogP contribution in [0.4, 0.5) is 10.8 Å². The van der Waals surface area contributed by atoms with E-state index in [1.54, 1.807) is 11.0 Å². The number of hydrogen-bond acceptors (Lipinski definition) is 6. The molecule has 3 rings (SSSR count). The summed E-state index contributed by atoms with van der Waals surface area (Å²) in [6.07, 6.45) is 0.402. The Hall–Kier alpha value is -1.67. The molecule has 1 atom stereocenters. The Labute approximate surface area is 117 Å². The first-order valence-corrected chi connectivity index (χ1v) is 6.91. The van der Waals surface area contributed by atoms with Crippen molar-refractivity contribution in [2.45, 2.75) is 11.7 Å². The minimum absolute atomic E-state index is 0.00386. The smallest absolute Gasteiger partial charge is 0.271 e. The molecule has 0 saturated carbocycles. The number of non-ortho nitro benzene ring substituents is 1. The molecule has 1 unspecified atom stereocenters. The summed E-state index contributed by atoms with van der Waals surface area (Å²) in [5, 5.41) is 11.3. The van der Waals surface area contributed by atoms with Crippen LogP contribution in [-0.2, 0) is 4.79 Å². The summed E-state index contributed by atoms with van der Waals surface area (Å²) < 4.78 is 0.830. The second-order valence-corrected chi connectivity index (χ2v) is 6.01. The van der Waals surface area contributed by atoms with Gasteiger partial charge in [0.1, 0.15) is 0 Å². The number of amides is 1. The highest BCUT2D eigenvalue weighted by Crippen LogP contribution is 2.33. The van der Waals surface area contributed by atoms with Gasteiger partial charge in [-0.3, -0.25) is 19.8 Å². The quantitative estimate of drug-likeness (QED) is 0.523. The van der Waals surface area contributed by atoms with Crippen LogP contribution in [0.15, 0.2) is 18.2 Å². The minimum Gasteiger partial charge on any atom is -0.287 e. The maximum atomic E-state index is 11.8. The van der Waals surface area contributed by atoms with Crippen molar-refractivity contribution >= 4 is 50.9 Å². The number of fused-ring (bicyclic) bond motifs is 1. The molecule has 2 aromatic rings. The van der Waals surface area contributed by atoms with Crippen LogP contribution in [0.2, 0.25) is 0 Å². The van der Waals surface area contributed by atoms with Gasteiger partial charge in [0.05, 0.1) is 15.1 Å². The minimum atomic E-state index is -0.455. The van der Waals surface area contributed by atoms with Crippen LogP contribution in [-0.4, -0.2) is 27.6 Å². The Morgan fingerprint density at radius 3 is 2.95 bits per heavy atom. The number of anilines is 1. The molecule has 1 aromatic carbocycles. The summed E-state index contributed by atoms with van der Waals surface area (Å²) in [4.78, 5) is 27.9. The average Bonchev–Trinajstić information content (AvgIpc) is 2.90. The summed E-state index contributed by atoms with van der Waals surface area (Å²) in [7, 11) is 0. The maximum Gasteiger partial charge on any atom is 0.271 e. The molecule has 0 bridgehead atoms. The van der Waals surface area contributed by atoms with E-state index in [0.29, 0.717) is 23.6 Å². The maximum absolute atomic E-state index is 11.8. The topological polar surface area (TPSA) is 76.3 Å². The molecule has 1 aromatic heterocycles. The molecule has 1 aliphatic heterocycles. The number of aromatic nitrogens is 1. The van der Waals surface area contributed by atoms with Gasteiger partial charge < -0.3 is 0 Å². The lowest BCUT2D eigenvalue weighted by molar-refractivity contribution is -0.384. The van der Waals surface area contributed by atoms with Crippen molar-refractivity contribution in [3.8, 4) is 0 Å². The number of carbonyl (C=O) groups is 1. The van der Waals surface area contributed by atoms with E-state index >= 15 is 0 Å². The number of benzene rings is 1. The summed E-state index contributed by atoms with van der Waals surface area (Å²) in [5.74, 6) is -0.00597. The van der Waals surface area contributed by atoms with Crippen molar-refractivity contribution in [2.75, 3.05) is 11.4 Å². The second-order valence-electron chi connectivity index (χ2n) is 4.27. The first-order valence-electron chi connectivity index (χ1n) is 5.58. The van der Waals surface area contributed by atoms with Gasteiger partial charge in [-0.2, -0.15) is 12.6 Å². The molecule has 0 N–H and O–H groups in total. The number of nitrogens with zero attached hydrogens (tertiary/aromatic N) is 3. The Kier molecular flexibility index (Phi) is 2.90. The van der Waals surface area contributed by atoms with Gasteiger partial charge in [-0.05, 0) is 6.07 Å². The van der Waals surface area contributed by atoms with E-state index < -0.39 is 4.92 Å². The SMILES string of the molecule is O=C1CC(S)CN1c1nc2cc([N+](=O)[O-])ccc2s1. The first kappa shape index (κ1) is 12.4. The molecule has 0 aliphatic carbocycles. The summed E-state index contributed by atoms with van der Waals surface area (Å²) >= 11 is 5.65. The molecule has 6 nitrogen and oxygen atoms in total. The van der Waals surface area contributed by atoms with Gasteiger partial charge >= 0.3 is 0 Å². The number of nitro groups is 1. The zero-order valence-electron chi connectivity index (χ0n) is 9.65. The van der Waals surface area contributed by atoms with Crippen LogP contribution >= 0.6 is 24.0 Å². The van der Waals surface area contributed by atoms with Gasteiger partial charge in [0, 0.05) is 30.3 Å². The predicted molar refractivity (Wildman–Crippen MR) is 76.0 cm³/mol. The highest BCUT2D eigenvalue weighted by Gasteiger charge is 2.30. The summed E-state index contributed by atoms with van der Waals surface area (Å²) in [6.45, 7) is 0.532. The van der Waals surface area contributed by atoms with Crippen LogP contribution in [0, 0.1) is 10.1 Å². The van der Waals surface area contributed by atoms with E-state index in [2.05, 4.69) is 17.6 Å². The molecule has 1 aliphatic rings. The lowest BCUT2D eigenvalue weighted by atomic mass is 10.3. The van der Waals surface area contributed by atoms with Gasteiger partial charge in [-0.1, -0.05) is 11.3 Å².